The summed E-state index contributed by atoms with van der Waals surface area (Å²) < 4.78 is 5.63. The molecule has 7 nitrogen and oxygen atoms in total. The third-order valence-electron chi connectivity index (χ3n) is 4.84. The maximum absolute atomic E-state index is 12.9. The molecule has 0 unspecified atom stereocenters. The number of nitrogens with one attached hydrogen (secondary N) is 2. The van der Waals surface area contributed by atoms with Crippen molar-refractivity contribution < 1.29 is 9.38 Å². The summed E-state index contributed by atoms with van der Waals surface area (Å²) in [6.07, 6.45) is 1.30. The van der Waals surface area contributed by atoms with E-state index in [-0.39, 0.29) is 12.6 Å². The number of hydrogen-bond acceptors (Lipinski definition) is 4. The lowest BCUT2D eigenvalue weighted by Gasteiger charge is -2.47. The van der Waals surface area contributed by atoms with E-state index in [9.17, 15) is 14.8 Å². The van der Waals surface area contributed by atoms with Crippen LogP contribution in [0.5, 0.6) is 5.75 Å². The van der Waals surface area contributed by atoms with Crippen molar-refractivity contribution in [1.82, 2.24) is 9.97 Å². The molecule has 2 heterocycles. The lowest BCUT2D eigenvalue weighted by Crippen LogP contribution is -2.50. The van der Waals surface area contributed by atoms with Gasteiger partial charge in [0.1, 0.15) is 18.4 Å². The van der Waals surface area contributed by atoms with Crippen molar-refractivity contribution >= 4 is 0 Å². The minimum atomic E-state index is -0.581. The minimum absolute atomic E-state index is 0.0129. The van der Waals surface area contributed by atoms with Gasteiger partial charge in [0.15, 0.2) is 0 Å². The van der Waals surface area contributed by atoms with Crippen molar-refractivity contribution in [2.45, 2.75) is 39.3 Å². The standard InChI is InChI=1S/C18H23N3O4/c1-12-4-3-5-16(13(12)2)25-15-6-8-21(24,9-7-15)11-14-10-17(22)20-18(23)19-14/h3-5,10,15H,6-9,11H2,1-2H3,(H2,19,20,22,23). The minimum Gasteiger partial charge on any atom is -0.633 e. The summed E-state index contributed by atoms with van der Waals surface area (Å²) in [4.78, 5) is 27.3. The number of aryl methyl sites for hydroxylation is 1. The number of piperidine rings is 1. The van der Waals surface area contributed by atoms with E-state index < -0.39 is 15.9 Å². The highest BCUT2D eigenvalue weighted by molar-refractivity contribution is 5.38. The second-order valence-electron chi connectivity index (χ2n) is 6.79. The topological polar surface area (TPSA) is 98.0 Å². The van der Waals surface area contributed by atoms with Gasteiger partial charge in [-0.15, -0.1) is 0 Å². The molecule has 0 saturated carbocycles. The van der Waals surface area contributed by atoms with E-state index >= 15 is 0 Å². The Morgan fingerprint density at radius 1 is 1.20 bits per heavy atom. The molecule has 1 aromatic heterocycles. The van der Waals surface area contributed by atoms with Gasteiger partial charge in [-0.2, -0.15) is 0 Å². The number of aromatic nitrogens is 2. The van der Waals surface area contributed by atoms with Gasteiger partial charge in [0, 0.05) is 18.9 Å². The average Bonchev–Trinajstić information content (AvgIpc) is 2.53. The summed E-state index contributed by atoms with van der Waals surface area (Å²) >= 11 is 0. The Kier molecular flexibility index (Phi) is 4.78. The van der Waals surface area contributed by atoms with Crippen LogP contribution in [0.15, 0.2) is 33.9 Å². The van der Waals surface area contributed by atoms with E-state index in [0.29, 0.717) is 31.6 Å². The van der Waals surface area contributed by atoms with Crippen LogP contribution < -0.4 is 16.0 Å². The van der Waals surface area contributed by atoms with Gasteiger partial charge < -0.3 is 19.6 Å². The second kappa shape index (κ2) is 6.85. The molecule has 0 aliphatic carbocycles. The normalized spacial score (nSPS) is 23.4. The highest BCUT2D eigenvalue weighted by Crippen LogP contribution is 2.27. The molecule has 1 saturated heterocycles. The van der Waals surface area contributed by atoms with Crippen LogP contribution in [-0.2, 0) is 6.54 Å². The predicted molar refractivity (Wildman–Crippen MR) is 94.3 cm³/mol. The molecule has 0 amide bonds. The zero-order valence-corrected chi connectivity index (χ0v) is 14.5. The van der Waals surface area contributed by atoms with Gasteiger partial charge >= 0.3 is 5.69 Å². The molecule has 1 aliphatic heterocycles. The third-order valence-corrected chi connectivity index (χ3v) is 4.84. The lowest BCUT2D eigenvalue weighted by molar-refractivity contribution is -0.899. The van der Waals surface area contributed by atoms with Crippen LogP contribution in [-0.4, -0.2) is 33.8 Å². The largest absolute Gasteiger partial charge is 0.633 e. The monoisotopic (exact) mass is 345 g/mol. The molecule has 7 heteroatoms. The molecule has 0 bridgehead atoms. The molecule has 2 N–H and O–H groups in total. The number of likely N-dealkylation sites (tertiary alicyclic amines) is 1. The van der Waals surface area contributed by atoms with Crippen molar-refractivity contribution in [3.8, 4) is 5.75 Å². The van der Waals surface area contributed by atoms with E-state index in [1.165, 1.54) is 11.6 Å². The first-order valence-electron chi connectivity index (χ1n) is 8.47. The van der Waals surface area contributed by atoms with Crippen molar-refractivity contribution in [3.63, 3.8) is 0 Å². The van der Waals surface area contributed by atoms with Gasteiger partial charge in [0.2, 0.25) is 0 Å². The van der Waals surface area contributed by atoms with Crippen LogP contribution in [0.2, 0.25) is 0 Å². The number of benzene rings is 1. The molecular weight excluding hydrogens is 322 g/mol. The first-order chi connectivity index (χ1) is 11.8. The van der Waals surface area contributed by atoms with E-state index in [1.54, 1.807) is 0 Å². The fraction of sp³-hybridized carbons (Fsp3) is 0.444. The molecule has 1 aromatic carbocycles. The maximum atomic E-state index is 12.9. The molecule has 3 rings (SSSR count). The molecule has 134 valence electrons. The van der Waals surface area contributed by atoms with Crippen molar-refractivity contribution in [1.29, 1.82) is 0 Å². The Balaban J connectivity index is 1.63. The number of rotatable bonds is 4. The van der Waals surface area contributed by atoms with Gasteiger partial charge in [0.05, 0.1) is 18.8 Å². The Hall–Kier alpha value is -2.38. The first kappa shape index (κ1) is 17.4. The quantitative estimate of drug-likeness (QED) is 0.651. The maximum Gasteiger partial charge on any atom is 0.326 e. The number of aromatic amines is 2. The Morgan fingerprint density at radius 2 is 1.92 bits per heavy atom. The zero-order chi connectivity index (χ0) is 18.0. The lowest BCUT2D eigenvalue weighted by atomic mass is 10.1. The molecular formula is C18H23N3O4. The average molecular weight is 345 g/mol. The van der Waals surface area contributed by atoms with Crippen LogP contribution in [0.4, 0.5) is 0 Å². The zero-order valence-electron chi connectivity index (χ0n) is 14.5. The van der Waals surface area contributed by atoms with Crippen LogP contribution in [0.1, 0.15) is 29.7 Å². The fourth-order valence-corrected chi connectivity index (χ4v) is 3.24. The fourth-order valence-electron chi connectivity index (χ4n) is 3.24. The van der Waals surface area contributed by atoms with E-state index in [0.717, 1.165) is 11.3 Å². The summed E-state index contributed by atoms with van der Waals surface area (Å²) in [6.45, 7) is 4.96. The van der Waals surface area contributed by atoms with Crippen LogP contribution >= 0.6 is 0 Å². The Bertz CT molecular complexity index is 835. The Labute approximate surface area is 145 Å². The summed E-state index contributed by atoms with van der Waals surface area (Å²) in [5.41, 5.74) is 1.61. The Morgan fingerprint density at radius 3 is 2.60 bits per heavy atom. The van der Waals surface area contributed by atoms with Crippen LogP contribution in [0.25, 0.3) is 0 Å². The van der Waals surface area contributed by atoms with Gasteiger partial charge in [-0.25, -0.2) is 4.79 Å². The highest BCUT2D eigenvalue weighted by Gasteiger charge is 2.29. The molecule has 1 fully saturated rings. The van der Waals surface area contributed by atoms with Gasteiger partial charge in [-0.3, -0.25) is 9.78 Å². The summed E-state index contributed by atoms with van der Waals surface area (Å²) in [6, 6.07) is 7.25. The summed E-state index contributed by atoms with van der Waals surface area (Å²) in [7, 11) is 0. The molecule has 1 aliphatic rings. The van der Waals surface area contributed by atoms with Gasteiger partial charge in [0.25, 0.3) is 5.56 Å². The van der Waals surface area contributed by atoms with Crippen molar-refractivity contribution in [3.05, 3.63) is 67.1 Å². The predicted octanol–water partition coefficient (Wildman–Crippen LogP) is 1.74. The first-order valence-corrected chi connectivity index (χ1v) is 8.47. The number of H-pyrrole nitrogens is 2. The van der Waals surface area contributed by atoms with Crippen LogP contribution in [0, 0.1) is 19.1 Å². The van der Waals surface area contributed by atoms with E-state index in [4.69, 9.17) is 4.74 Å². The highest BCUT2D eigenvalue weighted by atomic mass is 16.5. The van der Waals surface area contributed by atoms with Crippen LogP contribution in [0.3, 0.4) is 0 Å². The molecule has 2 aromatic rings. The molecule has 0 atom stereocenters. The van der Waals surface area contributed by atoms with E-state index in [2.05, 4.69) is 9.97 Å². The van der Waals surface area contributed by atoms with Crippen molar-refractivity contribution in [2.24, 2.45) is 0 Å². The number of ether oxygens (including phenoxy) is 1. The summed E-state index contributed by atoms with van der Waals surface area (Å²) in [5.74, 6) is 0.870. The SMILES string of the molecule is Cc1cccc(OC2CC[N+]([O-])(Cc3cc(=O)[nH]c(=O)[nH]3)CC2)c1C. The number of quaternary nitrogens is 1. The smallest absolute Gasteiger partial charge is 0.326 e. The molecule has 0 spiro atoms. The van der Waals surface area contributed by atoms with E-state index in [1.807, 2.05) is 32.0 Å². The molecule has 0 radical (unpaired) electrons. The number of hydrogen-bond donors (Lipinski definition) is 2. The summed E-state index contributed by atoms with van der Waals surface area (Å²) in [5, 5.41) is 12.9. The number of hydroxylamine groups is 3. The third kappa shape index (κ3) is 4.18. The van der Waals surface area contributed by atoms with Gasteiger partial charge in [-0.05, 0) is 31.0 Å². The molecule has 25 heavy (non-hydrogen) atoms. The van der Waals surface area contributed by atoms with Crippen molar-refractivity contribution in [2.75, 3.05) is 13.1 Å². The number of nitrogens with zero attached hydrogens (tertiary/aromatic N) is 1. The van der Waals surface area contributed by atoms with Gasteiger partial charge in [-0.1, -0.05) is 12.1 Å². The second-order valence-corrected chi connectivity index (χ2v) is 6.79.